The Morgan fingerprint density at radius 2 is 1.36 bits per heavy atom. The second kappa shape index (κ2) is 16.1. The van der Waals surface area contributed by atoms with Crippen molar-refractivity contribution < 1.29 is 19.4 Å². The number of amides is 2. The number of hydrogen-bond donors (Lipinski definition) is 5. The molecule has 1 heterocycles. The molecule has 0 saturated heterocycles. The van der Waals surface area contributed by atoms with Gasteiger partial charge in [0.2, 0.25) is 0 Å². The van der Waals surface area contributed by atoms with Crippen molar-refractivity contribution in [1.29, 1.82) is 0 Å². The van der Waals surface area contributed by atoms with E-state index in [1.807, 2.05) is 139 Å². The van der Waals surface area contributed by atoms with Crippen LogP contribution >= 0.6 is 0 Å². The number of aromatic nitrogens is 2. The molecule has 5 rings (SSSR count). The highest BCUT2D eigenvalue weighted by molar-refractivity contribution is 5.75. The summed E-state index contributed by atoms with van der Waals surface area (Å²) in [5.41, 5.74) is 12.2. The average Bonchev–Trinajstić information content (AvgIpc) is 3.36. The van der Waals surface area contributed by atoms with E-state index in [1.165, 1.54) is 4.90 Å². The van der Waals surface area contributed by atoms with E-state index in [4.69, 9.17) is 10.5 Å². The number of rotatable bonds is 9. The van der Waals surface area contributed by atoms with Crippen molar-refractivity contribution >= 4 is 34.6 Å². The number of para-hydroxylation sites is 4. The first-order valence-corrected chi connectivity index (χ1v) is 16.5. The number of benzene rings is 4. The molecule has 0 radical (unpaired) electrons. The highest BCUT2D eigenvalue weighted by Gasteiger charge is 2.26. The zero-order valence-corrected chi connectivity index (χ0v) is 29.6. The summed E-state index contributed by atoms with van der Waals surface area (Å²) in [7, 11) is 0. The number of nitrogens with one attached hydrogen (secondary N) is 3. The number of imidazole rings is 1. The minimum absolute atomic E-state index is 0.123. The standard InChI is InChI=1S/C20H23N3O3.C19H25N3O2/c1-20(2,3)26-19(25)21-12-14-8-10-15(11-9-14)13-23-17-7-5-4-6-16(17)22-18(23)24;1-19(2,3)22(18(23)24)13-15-10-8-14(9-11-15)12-21-17-7-5-4-6-16(17)20/h4-11H,12-13H2,1-3H3,(H,21,25)(H,22,24);4-11,21H,12-13,20H2,1-3H3,(H,23,24). The van der Waals surface area contributed by atoms with Crippen LogP contribution in [0.4, 0.5) is 21.0 Å². The van der Waals surface area contributed by atoms with Gasteiger partial charge in [-0.15, -0.1) is 0 Å². The number of fused-ring (bicyclic) bond motifs is 1. The van der Waals surface area contributed by atoms with E-state index in [1.54, 1.807) is 4.57 Å². The third kappa shape index (κ3) is 10.9. The van der Waals surface area contributed by atoms with Crippen LogP contribution in [0, 0.1) is 0 Å². The lowest BCUT2D eigenvalue weighted by Gasteiger charge is -2.33. The number of nitrogens with two attached hydrogens (primary N) is 1. The molecule has 11 nitrogen and oxygen atoms in total. The number of carbonyl (C=O) groups is 2. The van der Waals surface area contributed by atoms with E-state index in [9.17, 15) is 19.5 Å². The number of alkyl carbamates (subject to hydrolysis) is 1. The summed E-state index contributed by atoms with van der Waals surface area (Å²) in [6, 6.07) is 31.0. The number of carboxylic acid groups (broad SMARTS) is 1. The van der Waals surface area contributed by atoms with Gasteiger partial charge in [0.05, 0.1) is 29.0 Å². The molecule has 0 unspecified atom stereocenters. The Morgan fingerprint density at radius 3 is 1.96 bits per heavy atom. The van der Waals surface area contributed by atoms with Gasteiger partial charge >= 0.3 is 17.9 Å². The summed E-state index contributed by atoms with van der Waals surface area (Å²) >= 11 is 0. The first kappa shape index (κ1) is 37.1. The Hall–Kier alpha value is -5.71. The van der Waals surface area contributed by atoms with Crippen molar-refractivity contribution in [3.63, 3.8) is 0 Å². The van der Waals surface area contributed by atoms with Crippen molar-refractivity contribution in [2.45, 2.75) is 78.9 Å². The normalized spacial score (nSPS) is 11.3. The number of anilines is 2. The van der Waals surface area contributed by atoms with Crippen LogP contribution in [-0.4, -0.2) is 42.9 Å². The van der Waals surface area contributed by atoms with E-state index in [0.29, 0.717) is 26.2 Å². The number of H-pyrrole nitrogens is 1. The average molecular weight is 681 g/mol. The molecule has 50 heavy (non-hydrogen) atoms. The molecule has 6 N–H and O–H groups in total. The van der Waals surface area contributed by atoms with Gasteiger partial charge in [0.25, 0.3) is 0 Å². The van der Waals surface area contributed by atoms with Crippen LogP contribution in [-0.2, 0) is 30.9 Å². The van der Waals surface area contributed by atoms with Gasteiger partial charge in [0.1, 0.15) is 5.60 Å². The van der Waals surface area contributed by atoms with Gasteiger partial charge in [-0.3, -0.25) is 9.47 Å². The molecule has 0 aliphatic carbocycles. The summed E-state index contributed by atoms with van der Waals surface area (Å²) in [6.07, 6.45) is -1.35. The summed E-state index contributed by atoms with van der Waals surface area (Å²) in [6.45, 7) is 13.1. The Balaban J connectivity index is 0.000000226. The van der Waals surface area contributed by atoms with Gasteiger partial charge < -0.3 is 31.2 Å². The van der Waals surface area contributed by atoms with E-state index in [-0.39, 0.29) is 5.69 Å². The topological polar surface area (TPSA) is 155 Å². The molecule has 264 valence electrons. The molecule has 0 spiro atoms. The van der Waals surface area contributed by atoms with E-state index >= 15 is 0 Å². The smallest absolute Gasteiger partial charge is 0.408 e. The second-order valence-electron chi connectivity index (χ2n) is 14.0. The molecule has 0 aliphatic heterocycles. The van der Waals surface area contributed by atoms with Crippen molar-refractivity contribution in [1.82, 2.24) is 19.8 Å². The third-order valence-electron chi connectivity index (χ3n) is 7.73. The van der Waals surface area contributed by atoms with Gasteiger partial charge in [-0.2, -0.15) is 0 Å². The Morgan fingerprint density at radius 1 is 0.800 bits per heavy atom. The Kier molecular flexibility index (Phi) is 12.0. The molecular formula is C39H48N6O5. The van der Waals surface area contributed by atoms with Crippen LogP contribution in [0.1, 0.15) is 63.8 Å². The number of ether oxygens (including phenoxy) is 1. The maximum Gasteiger partial charge on any atom is 0.408 e. The second-order valence-corrected chi connectivity index (χ2v) is 14.0. The van der Waals surface area contributed by atoms with Crippen LogP contribution in [0.15, 0.2) is 102 Å². The highest BCUT2D eigenvalue weighted by atomic mass is 16.6. The Labute approximate surface area is 293 Å². The molecule has 0 atom stereocenters. The maximum atomic E-state index is 12.1. The van der Waals surface area contributed by atoms with E-state index in [0.717, 1.165) is 44.7 Å². The zero-order chi connectivity index (χ0) is 36.5. The lowest BCUT2D eigenvalue weighted by Crippen LogP contribution is -2.44. The van der Waals surface area contributed by atoms with Gasteiger partial charge in [-0.25, -0.2) is 14.4 Å². The summed E-state index contributed by atoms with van der Waals surface area (Å²) in [4.78, 5) is 39.5. The van der Waals surface area contributed by atoms with E-state index < -0.39 is 23.3 Å². The predicted molar refractivity (Wildman–Crippen MR) is 199 cm³/mol. The molecule has 0 aliphatic rings. The molecule has 0 bridgehead atoms. The highest BCUT2D eigenvalue weighted by Crippen LogP contribution is 2.20. The van der Waals surface area contributed by atoms with Gasteiger partial charge in [-0.05, 0) is 88.1 Å². The van der Waals surface area contributed by atoms with Crippen LogP contribution in [0.3, 0.4) is 0 Å². The van der Waals surface area contributed by atoms with Crippen molar-refractivity contribution in [2.24, 2.45) is 0 Å². The number of nitrogens with zero attached hydrogens (tertiary/aromatic N) is 2. The molecule has 1 aromatic heterocycles. The number of hydrogen-bond acceptors (Lipinski definition) is 6. The van der Waals surface area contributed by atoms with Crippen molar-refractivity contribution in [3.8, 4) is 0 Å². The maximum absolute atomic E-state index is 12.1. The SMILES string of the molecule is CC(C)(C)N(Cc1ccc(CNc2ccccc2N)cc1)C(=O)O.CC(C)(C)OC(=O)NCc1ccc(Cn2c(=O)[nH]c3ccccc32)cc1. The largest absolute Gasteiger partial charge is 0.465 e. The lowest BCUT2D eigenvalue weighted by molar-refractivity contribution is 0.0523. The van der Waals surface area contributed by atoms with Crippen LogP contribution in [0.2, 0.25) is 0 Å². The fraction of sp³-hybridized carbons (Fsp3) is 0.308. The summed E-state index contributed by atoms with van der Waals surface area (Å²) in [5, 5.41) is 15.4. The fourth-order valence-electron chi connectivity index (χ4n) is 5.09. The quantitative estimate of drug-likeness (QED) is 0.101. The molecular weight excluding hydrogens is 632 g/mol. The molecule has 0 fully saturated rings. The van der Waals surface area contributed by atoms with E-state index in [2.05, 4.69) is 15.6 Å². The minimum Gasteiger partial charge on any atom is -0.465 e. The number of aromatic amines is 1. The molecule has 5 aromatic rings. The fourth-order valence-corrected chi connectivity index (χ4v) is 5.09. The minimum atomic E-state index is -0.909. The third-order valence-corrected chi connectivity index (χ3v) is 7.73. The summed E-state index contributed by atoms with van der Waals surface area (Å²) < 4.78 is 6.93. The van der Waals surface area contributed by atoms with Crippen LogP contribution in [0.5, 0.6) is 0 Å². The number of nitrogen functional groups attached to an aromatic ring is 1. The van der Waals surface area contributed by atoms with Gasteiger partial charge in [-0.1, -0.05) is 72.8 Å². The molecule has 4 aromatic carbocycles. The molecule has 2 amide bonds. The zero-order valence-electron chi connectivity index (χ0n) is 29.6. The van der Waals surface area contributed by atoms with Gasteiger partial charge in [0, 0.05) is 25.2 Å². The molecule has 0 saturated carbocycles. The summed E-state index contributed by atoms with van der Waals surface area (Å²) in [5.74, 6) is 0. The van der Waals surface area contributed by atoms with Crippen molar-refractivity contribution in [3.05, 3.63) is 130 Å². The Bertz CT molecular complexity index is 1930. The van der Waals surface area contributed by atoms with Gasteiger partial charge in [0.15, 0.2) is 0 Å². The van der Waals surface area contributed by atoms with Crippen molar-refractivity contribution in [2.75, 3.05) is 11.1 Å². The predicted octanol–water partition coefficient (Wildman–Crippen LogP) is 7.56. The first-order valence-electron chi connectivity index (χ1n) is 16.5. The van der Waals surface area contributed by atoms with Crippen LogP contribution < -0.4 is 22.1 Å². The lowest BCUT2D eigenvalue weighted by atomic mass is 10.0. The first-order chi connectivity index (χ1) is 23.6. The number of carbonyl (C=O) groups excluding carboxylic acids is 1. The van der Waals surface area contributed by atoms with Crippen LogP contribution in [0.25, 0.3) is 11.0 Å². The monoisotopic (exact) mass is 680 g/mol. The molecule has 11 heteroatoms.